The van der Waals surface area contributed by atoms with E-state index in [-0.39, 0.29) is 5.56 Å². The molecule has 3 aromatic heterocycles. The van der Waals surface area contributed by atoms with Crippen molar-refractivity contribution in [3.05, 3.63) is 40.9 Å². The van der Waals surface area contributed by atoms with Crippen molar-refractivity contribution < 1.29 is 14.2 Å². The summed E-state index contributed by atoms with van der Waals surface area (Å²) in [5, 5.41) is 3.27. The molecule has 10 nitrogen and oxygen atoms in total. The number of hydrogen-bond donors (Lipinski definition) is 1. The summed E-state index contributed by atoms with van der Waals surface area (Å²) in [5.74, 6) is 1.28. The molecule has 0 amide bonds. The fourth-order valence-electron chi connectivity index (χ4n) is 4.59. The number of methoxy groups -OCH3 is 1. The van der Waals surface area contributed by atoms with Gasteiger partial charge in [-0.25, -0.2) is 15.0 Å². The molecule has 2 aliphatic heterocycles. The summed E-state index contributed by atoms with van der Waals surface area (Å²) in [6.07, 6.45) is 5.40. The lowest BCUT2D eigenvalue weighted by Gasteiger charge is -2.26. The first-order valence-electron chi connectivity index (χ1n) is 12.2. The van der Waals surface area contributed by atoms with Gasteiger partial charge in [-0.3, -0.25) is 9.69 Å². The number of pyridine rings is 2. The van der Waals surface area contributed by atoms with Gasteiger partial charge >= 0.3 is 0 Å². The molecule has 3 aromatic rings. The minimum absolute atomic E-state index is 0.113. The summed E-state index contributed by atoms with van der Waals surface area (Å²) >= 11 is 0. The minimum Gasteiger partial charge on any atom is -0.481 e. The number of anilines is 1. The van der Waals surface area contributed by atoms with Crippen LogP contribution in [0.4, 0.5) is 5.82 Å². The maximum absolute atomic E-state index is 13.6. The van der Waals surface area contributed by atoms with E-state index in [1.54, 1.807) is 19.5 Å². The molecule has 1 N–H and O–H groups in total. The van der Waals surface area contributed by atoms with Crippen LogP contribution < -0.4 is 15.6 Å². The Bertz CT molecular complexity index is 1190. The SMILES string of the molecule is COc1ccc(-c2cnc3nc(NCCN4CCOCC4)c(=O)n(CC4CCOCC4)c3c2)cn1. The van der Waals surface area contributed by atoms with Crippen molar-refractivity contribution in [2.45, 2.75) is 19.4 Å². The number of ether oxygens (including phenoxy) is 3. The summed E-state index contributed by atoms with van der Waals surface area (Å²) in [7, 11) is 1.59. The highest BCUT2D eigenvalue weighted by molar-refractivity contribution is 5.78. The van der Waals surface area contributed by atoms with Gasteiger partial charge in [0.05, 0.1) is 25.8 Å². The first-order chi connectivity index (χ1) is 17.2. The lowest BCUT2D eigenvalue weighted by molar-refractivity contribution is 0.0398. The molecule has 0 radical (unpaired) electrons. The van der Waals surface area contributed by atoms with Crippen LogP contribution in [0.5, 0.6) is 5.88 Å². The quantitative estimate of drug-likeness (QED) is 0.519. The van der Waals surface area contributed by atoms with E-state index in [1.807, 2.05) is 22.8 Å². The molecular formula is C25H32N6O4. The molecule has 10 heteroatoms. The van der Waals surface area contributed by atoms with Crippen LogP contribution in [0.1, 0.15) is 12.8 Å². The lowest BCUT2D eigenvalue weighted by Crippen LogP contribution is -2.39. The van der Waals surface area contributed by atoms with Crippen LogP contribution in [0.3, 0.4) is 0 Å². The van der Waals surface area contributed by atoms with Gasteiger partial charge in [0.2, 0.25) is 5.88 Å². The van der Waals surface area contributed by atoms with E-state index >= 15 is 0 Å². The van der Waals surface area contributed by atoms with Gasteiger partial charge in [0, 0.05) is 75.5 Å². The van der Waals surface area contributed by atoms with Crippen molar-refractivity contribution in [1.82, 2.24) is 24.4 Å². The van der Waals surface area contributed by atoms with Crippen molar-refractivity contribution >= 4 is 17.0 Å². The van der Waals surface area contributed by atoms with E-state index in [9.17, 15) is 4.79 Å². The molecule has 0 aromatic carbocycles. The zero-order valence-electron chi connectivity index (χ0n) is 20.1. The molecule has 186 valence electrons. The summed E-state index contributed by atoms with van der Waals surface area (Å²) in [6.45, 7) is 6.87. The third kappa shape index (κ3) is 5.61. The first kappa shape index (κ1) is 23.7. The van der Waals surface area contributed by atoms with Crippen molar-refractivity contribution in [1.29, 1.82) is 0 Å². The average molecular weight is 481 g/mol. The second-order valence-electron chi connectivity index (χ2n) is 8.97. The molecule has 5 rings (SSSR count). The zero-order valence-corrected chi connectivity index (χ0v) is 20.1. The predicted molar refractivity (Wildman–Crippen MR) is 133 cm³/mol. The van der Waals surface area contributed by atoms with Crippen molar-refractivity contribution in [2.24, 2.45) is 5.92 Å². The van der Waals surface area contributed by atoms with Crippen molar-refractivity contribution in [3.63, 3.8) is 0 Å². The van der Waals surface area contributed by atoms with Gasteiger partial charge in [-0.1, -0.05) is 0 Å². The Morgan fingerprint density at radius 3 is 2.57 bits per heavy atom. The molecule has 0 saturated carbocycles. The van der Waals surface area contributed by atoms with Crippen LogP contribution in [0.2, 0.25) is 0 Å². The maximum Gasteiger partial charge on any atom is 0.293 e. The Morgan fingerprint density at radius 2 is 1.83 bits per heavy atom. The van der Waals surface area contributed by atoms with E-state index in [0.29, 0.717) is 36.4 Å². The summed E-state index contributed by atoms with van der Waals surface area (Å²) < 4.78 is 18.0. The topological polar surface area (TPSA) is 104 Å². The summed E-state index contributed by atoms with van der Waals surface area (Å²) in [5.41, 5.74) is 2.95. The number of fused-ring (bicyclic) bond motifs is 1. The third-order valence-electron chi connectivity index (χ3n) is 6.69. The molecule has 2 aliphatic rings. The zero-order chi connectivity index (χ0) is 24.0. The summed E-state index contributed by atoms with van der Waals surface area (Å²) in [4.78, 5) is 29.5. The highest BCUT2D eigenvalue weighted by Crippen LogP contribution is 2.24. The second-order valence-corrected chi connectivity index (χ2v) is 8.97. The molecule has 35 heavy (non-hydrogen) atoms. The Labute approximate surface area is 204 Å². The molecule has 0 aliphatic carbocycles. The third-order valence-corrected chi connectivity index (χ3v) is 6.69. The molecule has 2 fully saturated rings. The van der Waals surface area contributed by atoms with Crippen LogP contribution in [-0.2, 0) is 16.0 Å². The Kier molecular flexibility index (Phi) is 7.51. The van der Waals surface area contributed by atoms with Crippen LogP contribution in [-0.4, -0.2) is 84.1 Å². The lowest BCUT2D eigenvalue weighted by atomic mass is 10.00. The number of nitrogens with zero attached hydrogens (tertiary/aromatic N) is 5. The second kappa shape index (κ2) is 11.1. The molecule has 2 saturated heterocycles. The Morgan fingerprint density at radius 1 is 1.06 bits per heavy atom. The van der Waals surface area contributed by atoms with Crippen molar-refractivity contribution in [3.8, 4) is 17.0 Å². The van der Waals surface area contributed by atoms with Gasteiger partial charge in [-0.15, -0.1) is 0 Å². The fraction of sp³-hybridized carbons (Fsp3) is 0.520. The number of nitrogens with one attached hydrogen (secondary N) is 1. The molecule has 0 unspecified atom stereocenters. The highest BCUT2D eigenvalue weighted by atomic mass is 16.5. The van der Waals surface area contributed by atoms with E-state index in [1.165, 1.54) is 0 Å². The number of aromatic nitrogens is 4. The molecule has 0 atom stereocenters. The number of morpholine rings is 1. The maximum atomic E-state index is 13.6. The van der Waals surface area contributed by atoms with Gasteiger partial charge in [0.15, 0.2) is 11.5 Å². The molecule has 5 heterocycles. The first-order valence-corrected chi connectivity index (χ1v) is 12.2. The molecule has 0 bridgehead atoms. The van der Waals surface area contributed by atoms with E-state index in [4.69, 9.17) is 14.2 Å². The normalized spacial score (nSPS) is 17.5. The van der Waals surface area contributed by atoms with Crippen LogP contribution in [0, 0.1) is 5.92 Å². The van der Waals surface area contributed by atoms with Crippen LogP contribution >= 0.6 is 0 Å². The fourth-order valence-corrected chi connectivity index (χ4v) is 4.59. The summed E-state index contributed by atoms with van der Waals surface area (Å²) in [6, 6.07) is 5.73. The molecule has 0 spiro atoms. The highest BCUT2D eigenvalue weighted by Gasteiger charge is 2.20. The standard InChI is InChI=1S/C25H32N6O4/c1-33-22-3-2-19(15-27-22)20-14-21-23(28-16-20)29-24(26-6-7-30-8-12-35-13-9-30)25(32)31(21)17-18-4-10-34-11-5-18/h2-3,14-16,18H,4-13,17H2,1H3,(H,26,28,29). The van der Waals surface area contributed by atoms with E-state index in [0.717, 1.165) is 75.5 Å². The molecular weight excluding hydrogens is 448 g/mol. The van der Waals surface area contributed by atoms with Gasteiger partial charge in [0.1, 0.15) is 0 Å². The van der Waals surface area contributed by atoms with Crippen LogP contribution in [0.15, 0.2) is 35.4 Å². The van der Waals surface area contributed by atoms with Gasteiger partial charge in [-0.05, 0) is 30.9 Å². The van der Waals surface area contributed by atoms with Crippen molar-refractivity contribution in [2.75, 3.05) is 65.0 Å². The Balaban J connectivity index is 1.45. The van der Waals surface area contributed by atoms with Gasteiger partial charge < -0.3 is 24.1 Å². The van der Waals surface area contributed by atoms with Gasteiger partial charge in [-0.2, -0.15) is 0 Å². The smallest absolute Gasteiger partial charge is 0.293 e. The largest absolute Gasteiger partial charge is 0.481 e. The number of hydrogen-bond acceptors (Lipinski definition) is 9. The van der Waals surface area contributed by atoms with E-state index in [2.05, 4.69) is 25.2 Å². The monoisotopic (exact) mass is 480 g/mol. The predicted octanol–water partition coefficient (Wildman–Crippen LogP) is 2.03. The van der Waals surface area contributed by atoms with Gasteiger partial charge in [0.25, 0.3) is 5.56 Å². The minimum atomic E-state index is -0.113. The van der Waals surface area contributed by atoms with Crippen LogP contribution in [0.25, 0.3) is 22.3 Å². The van der Waals surface area contributed by atoms with E-state index < -0.39 is 0 Å². The Hall–Kier alpha value is -3.08. The average Bonchev–Trinajstić information content (AvgIpc) is 2.92. The number of rotatable bonds is 8.